The highest BCUT2D eigenvalue weighted by molar-refractivity contribution is 14.0. The molecule has 0 spiro atoms. The van der Waals surface area contributed by atoms with Gasteiger partial charge in [0.1, 0.15) is 5.75 Å². The minimum Gasteiger partial charge on any atom is -0.497 e. The van der Waals surface area contributed by atoms with E-state index in [-0.39, 0.29) is 24.0 Å². The third-order valence-corrected chi connectivity index (χ3v) is 6.11. The van der Waals surface area contributed by atoms with Gasteiger partial charge in [0.2, 0.25) is 0 Å². The zero-order chi connectivity index (χ0) is 20.6. The molecule has 1 aromatic rings. The van der Waals surface area contributed by atoms with Crippen LogP contribution in [-0.4, -0.2) is 74.7 Å². The summed E-state index contributed by atoms with van der Waals surface area (Å²) in [7, 11) is 3.57. The number of hydrogen-bond acceptors (Lipinski definition) is 4. The summed E-state index contributed by atoms with van der Waals surface area (Å²) in [4.78, 5) is 9.63. The number of methoxy groups -OCH3 is 1. The van der Waals surface area contributed by atoms with Crippen LogP contribution >= 0.6 is 24.0 Å². The van der Waals surface area contributed by atoms with Crippen molar-refractivity contribution in [3.63, 3.8) is 0 Å². The molecule has 1 heterocycles. The molecular formula is C23H40IN5O. The third-order valence-electron chi connectivity index (χ3n) is 6.11. The molecule has 1 unspecified atom stereocenters. The van der Waals surface area contributed by atoms with Gasteiger partial charge in [-0.2, -0.15) is 0 Å². The van der Waals surface area contributed by atoms with E-state index in [1.165, 1.54) is 31.2 Å². The van der Waals surface area contributed by atoms with Gasteiger partial charge in [0, 0.05) is 38.8 Å². The first-order valence-corrected chi connectivity index (χ1v) is 11.2. The number of likely N-dealkylation sites (tertiary alicyclic amines) is 1. The second-order valence-electron chi connectivity index (χ2n) is 8.47. The van der Waals surface area contributed by atoms with Crippen LogP contribution in [0.5, 0.6) is 5.75 Å². The summed E-state index contributed by atoms with van der Waals surface area (Å²) >= 11 is 0. The van der Waals surface area contributed by atoms with E-state index in [2.05, 4.69) is 63.5 Å². The van der Waals surface area contributed by atoms with E-state index in [1.54, 1.807) is 7.11 Å². The summed E-state index contributed by atoms with van der Waals surface area (Å²) in [5.41, 5.74) is 1.33. The summed E-state index contributed by atoms with van der Waals surface area (Å²) in [6.07, 6.45) is 5.27. The lowest BCUT2D eigenvalue weighted by Gasteiger charge is -2.29. The molecule has 0 radical (unpaired) electrons. The largest absolute Gasteiger partial charge is 0.497 e. The van der Waals surface area contributed by atoms with Crippen molar-refractivity contribution in [2.24, 2.45) is 4.99 Å². The molecule has 2 aliphatic rings. The number of ether oxygens (including phenoxy) is 1. The number of guanidine groups is 1. The lowest BCUT2D eigenvalue weighted by Crippen LogP contribution is -2.46. The highest BCUT2D eigenvalue weighted by Crippen LogP contribution is 2.28. The Morgan fingerprint density at radius 2 is 1.83 bits per heavy atom. The number of nitrogens with one attached hydrogen (secondary N) is 2. The molecule has 170 valence electrons. The van der Waals surface area contributed by atoms with Gasteiger partial charge < -0.3 is 15.4 Å². The Bertz CT molecular complexity index is 639. The average Bonchev–Trinajstić information content (AvgIpc) is 3.43. The standard InChI is InChI=1S/C23H39N5O.HI/c1-18(2)28(20-9-10-20)16-13-25-23(24-3)26-17-22(27-14-5-6-15-27)19-7-11-21(29-4)12-8-19;/h7-8,11-12,18,20,22H,5-6,9-10,13-17H2,1-4H3,(H2,24,25,26);1H. The van der Waals surface area contributed by atoms with Gasteiger partial charge in [-0.05, 0) is 70.3 Å². The molecule has 1 atom stereocenters. The predicted octanol–water partition coefficient (Wildman–Crippen LogP) is 3.49. The quantitative estimate of drug-likeness (QED) is 0.276. The van der Waals surface area contributed by atoms with Crippen LogP contribution in [0.25, 0.3) is 0 Å². The number of benzene rings is 1. The molecule has 1 aliphatic heterocycles. The monoisotopic (exact) mass is 529 g/mol. The Morgan fingerprint density at radius 1 is 1.17 bits per heavy atom. The van der Waals surface area contributed by atoms with E-state index in [9.17, 15) is 0 Å². The van der Waals surface area contributed by atoms with Crippen molar-refractivity contribution in [3.8, 4) is 5.75 Å². The van der Waals surface area contributed by atoms with Crippen molar-refractivity contribution in [1.82, 2.24) is 20.4 Å². The molecule has 1 saturated carbocycles. The Labute approximate surface area is 199 Å². The molecule has 1 aromatic carbocycles. The first-order valence-electron chi connectivity index (χ1n) is 11.2. The van der Waals surface area contributed by atoms with Crippen molar-refractivity contribution in [2.45, 2.75) is 57.7 Å². The van der Waals surface area contributed by atoms with Crippen LogP contribution in [0.1, 0.15) is 51.1 Å². The Hall–Kier alpha value is -1.06. The molecule has 0 bridgehead atoms. The first-order chi connectivity index (χ1) is 14.1. The zero-order valence-corrected chi connectivity index (χ0v) is 21.4. The third kappa shape index (κ3) is 7.27. The van der Waals surface area contributed by atoms with Crippen molar-refractivity contribution in [3.05, 3.63) is 29.8 Å². The SMILES string of the molecule is CN=C(NCCN(C(C)C)C1CC1)NCC(c1ccc(OC)cc1)N1CCCC1.I. The van der Waals surface area contributed by atoms with E-state index in [0.29, 0.717) is 12.1 Å². The lowest BCUT2D eigenvalue weighted by atomic mass is 10.1. The average molecular weight is 530 g/mol. The second kappa shape index (κ2) is 12.7. The summed E-state index contributed by atoms with van der Waals surface area (Å²) in [5, 5.41) is 7.08. The van der Waals surface area contributed by atoms with E-state index in [0.717, 1.165) is 50.5 Å². The van der Waals surface area contributed by atoms with Crippen LogP contribution in [-0.2, 0) is 0 Å². The number of halogens is 1. The maximum Gasteiger partial charge on any atom is 0.191 e. The fourth-order valence-electron chi connectivity index (χ4n) is 4.32. The van der Waals surface area contributed by atoms with Gasteiger partial charge in [0.15, 0.2) is 5.96 Å². The molecule has 6 nitrogen and oxygen atoms in total. The molecular weight excluding hydrogens is 489 g/mol. The molecule has 30 heavy (non-hydrogen) atoms. The topological polar surface area (TPSA) is 52.1 Å². The fourth-order valence-corrected chi connectivity index (χ4v) is 4.32. The van der Waals surface area contributed by atoms with Crippen LogP contribution in [0, 0.1) is 0 Å². The van der Waals surface area contributed by atoms with E-state index in [4.69, 9.17) is 4.74 Å². The minimum absolute atomic E-state index is 0. The molecule has 1 aliphatic carbocycles. The van der Waals surface area contributed by atoms with Crippen LogP contribution in [0.4, 0.5) is 0 Å². The number of nitrogens with zero attached hydrogens (tertiary/aromatic N) is 3. The number of aliphatic imine (C=N–C) groups is 1. The highest BCUT2D eigenvalue weighted by Gasteiger charge is 2.30. The Morgan fingerprint density at radius 3 is 2.37 bits per heavy atom. The van der Waals surface area contributed by atoms with Crippen molar-refractivity contribution in [2.75, 3.05) is 46.9 Å². The zero-order valence-electron chi connectivity index (χ0n) is 19.1. The van der Waals surface area contributed by atoms with Gasteiger partial charge in [-0.1, -0.05) is 12.1 Å². The normalized spacial score (nSPS) is 18.4. The van der Waals surface area contributed by atoms with Crippen molar-refractivity contribution >= 4 is 29.9 Å². The van der Waals surface area contributed by atoms with Gasteiger partial charge in [0.25, 0.3) is 0 Å². The summed E-state index contributed by atoms with van der Waals surface area (Å²) in [5.74, 6) is 1.80. The highest BCUT2D eigenvalue weighted by atomic mass is 127. The lowest BCUT2D eigenvalue weighted by molar-refractivity contribution is 0.214. The first kappa shape index (κ1) is 25.2. The molecule has 2 N–H and O–H groups in total. The maximum atomic E-state index is 5.33. The van der Waals surface area contributed by atoms with Crippen molar-refractivity contribution in [1.29, 1.82) is 0 Å². The van der Waals surface area contributed by atoms with Crippen LogP contribution in [0.15, 0.2) is 29.3 Å². The van der Waals surface area contributed by atoms with Crippen LogP contribution in [0.2, 0.25) is 0 Å². The maximum absolute atomic E-state index is 5.33. The molecule has 2 fully saturated rings. The Kier molecular flexibility index (Phi) is 10.7. The molecule has 3 rings (SSSR count). The second-order valence-corrected chi connectivity index (χ2v) is 8.47. The Balaban J connectivity index is 0.00000320. The number of hydrogen-bond donors (Lipinski definition) is 2. The minimum atomic E-state index is 0. The molecule has 7 heteroatoms. The smallest absolute Gasteiger partial charge is 0.191 e. The number of rotatable bonds is 10. The van der Waals surface area contributed by atoms with E-state index >= 15 is 0 Å². The molecule has 0 aromatic heterocycles. The summed E-state index contributed by atoms with van der Waals surface area (Å²) in [6, 6.07) is 10.2. The van der Waals surface area contributed by atoms with Crippen LogP contribution in [0.3, 0.4) is 0 Å². The van der Waals surface area contributed by atoms with Gasteiger partial charge in [0.05, 0.1) is 13.2 Å². The summed E-state index contributed by atoms with van der Waals surface area (Å²) in [6.45, 7) is 9.75. The van der Waals surface area contributed by atoms with Gasteiger partial charge in [-0.3, -0.25) is 14.8 Å². The molecule has 0 amide bonds. The van der Waals surface area contributed by atoms with E-state index in [1.807, 2.05) is 7.05 Å². The predicted molar refractivity (Wildman–Crippen MR) is 136 cm³/mol. The van der Waals surface area contributed by atoms with E-state index < -0.39 is 0 Å². The summed E-state index contributed by atoms with van der Waals surface area (Å²) < 4.78 is 5.33. The van der Waals surface area contributed by atoms with Crippen LogP contribution < -0.4 is 15.4 Å². The fraction of sp³-hybridized carbons (Fsp3) is 0.696. The van der Waals surface area contributed by atoms with Gasteiger partial charge in [-0.15, -0.1) is 24.0 Å². The van der Waals surface area contributed by atoms with Gasteiger partial charge in [-0.25, -0.2) is 0 Å². The van der Waals surface area contributed by atoms with Crippen molar-refractivity contribution < 1.29 is 4.74 Å². The van der Waals surface area contributed by atoms with Gasteiger partial charge >= 0.3 is 0 Å². The molecule has 1 saturated heterocycles.